The molecule has 3 heteroatoms. The van der Waals surface area contributed by atoms with Crippen molar-refractivity contribution in [1.29, 1.82) is 0 Å². The Hall–Kier alpha value is -3.07. The summed E-state index contributed by atoms with van der Waals surface area (Å²) in [5.74, 6) is -0.206. The van der Waals surface area contributed by atoms with Crippen molar-refractivity contribution in [2.75, 3.05) is 0 Å². The van der Waals surface area contributed by atoms with Crippen LogP contribution < -0.4 is 5.56 Å². The Morgan fingerprint density at radius 2 is 1.48 bits per heavy atom. The van der Waals surface area contributed by atoms with Crippen molar-refractivity contribution in [3.63, 3.8) is 0 Å². The number of hydrogen-bond acceptors (Lipinski definition) is 2. The maximum absolute atomic E-state index is 12.4. The van der Waals surface area contributed by atoms with Crippen molar-refractivity contribution in [2.45, 2.75) is 0 Å². The largest absolute Gasteiger partial charge is 0.503 e. The summed E-state index contributed by atoms with van der Waals surface area (Å²) < 4.78 is 1.49. The highest BCUT2D eigenvalue weighted by Crippen LogP contribution is 2.37. The molecule has 0 aliphatic carbocycles. The number of fused-ring (bicyclic) bond motifs is 2. The van der Waals surface area contributed by atoms with E-state index in [-0.39, 0.29) is 11.3 Å². The van der Waals surface area contributed by atoms with Crippen molar-refractivity contribution in [2.24, 2.45) is 7.05 Å². The Morgan fingerprint density at radius 3 is 2.30 bits per heavy atom. The lowest BCUT2D eigenvalue weighted by atomic mass is 9.95. The summed E-state index contributed by atoms with van der Waals surface area (Å²) in [7, 11) is 1.68. The Labute approximate surface area is 133 Å². The average molecular weight is 301 g/mol. The molecule has 0 fully saturated rings. The number of aromatic hydroxyl groups is 1. The minimum Gasteiger partial charge on any atom is -0.503 e. The van der Waals surface area contributed by atoms with E-state index in [0.29, 0.717) is 5.56 Å². The molecule has 0 saturated heterocycles. The molecule has 23 heavy (non-hydrogen) atoms. The zero-order valence-corrected chi connectivity index (χ0v) is 12.7. The fraction of sp³-hybridized carbons (Fsp3) is 0.0500. The molecule has 0 saturated carbocycles. The first kappa shape index (κ1) is 13.6. The SMILES string of the molecule is Cn1c(=O)c(O)c(-c2cccc3ccccc23)c2ccccc21. The molecular formula is C20H15NO2. The van der Waals surface area contributed by atoms with Gasteiger partial charge >= 0.3 is 0 Å². The Morgan fingerprint density at radius 1 is 0.826 bits per heavy atom. The third kappa shape index (κ3) is 1.94. The molecule has 0 unspecified atom stereocenters. The highest BCUT2D eigenvalue weighted by atomic mass is 16.3. The highest BCUT2D eigenvalue weighted by Gasteiger charge is 2.17. The normalized spacial score (nSPS) is 11.2. The van der Waals surface area contributed by atoms with Crippen LogP contribution in [0.3, 0.4) is 0 Å². The molecule has 0 aliphatic heterocycles. The minimum atomic E-state index is -0.383. The Kier molecular flexibility index (Phi) is 2.95. The molecular weight excluding hydrogens is 286 g/mol. The van der Waals surface area contributed by atoms with E-state index in [1.165, 1.54) is 4.57 Å². The van der Waals surface area contributed by atoms with Crippen molar-refractivity contribution in [3.05, 3.63) is 77.1 Å². The lowest BCUT2D eigenvalue weighted by Crippen LogP contribution is -2.17. The molecule has 4 aromatic rings. The summed E-state index contributed by atoms with van der Waals surface area (Å²) in [5, 5.41) is 13.5. The maximum Gasteiger partial charge on any atom is 0.293 e. The van der Waals surface area contributed by atoms with Crippen molar-refractivity contribution < 1.29 is 5.11 Å². The van der Waals surface area contributed by atoms with E-state index in [9.17, 15) is 9.90 Å². The number of aryl methyl sites for hydroxylation is 1. The van der Waals surface area contributed by atoms with Gasteiger partial charge < -0.3 is 9.67 Å². The summed E-state index contributed by atoms with van der Waals surface area (Å²) in [6.45, 7) is 0. The average Bonchev–Trinajstić information content (AvgIpc) is 2.60. The molecule has 0 aliphatic rings. The van der Waals surface area contributed by atoms with Gasteiger partial charge in [0.2, 0.25) is 0 Å². The second-order valence-corrected chi connectivity index (χ2v) is 5.63. The minimum absolute atomic E-state index is 0.206. The zero-order chi connectivity index (χ0) is 16.0. The quantitative estimate of drug-likeness (QED) is 0.576. The second-order valence-electron chi connectivity index (χ2n) is 5.63. The summed E-state index contributed by atoms with van der Waals surface area (Å²) in [4.78, 5) is 12.4. The van der Waals surface area contributed by atoms with Crippen LogP contribution >= 0.6 is 0 Å². The van der Waals surface area contributed by atoms with E-state index >= 15 is 0 Å². The first-order valence-corrected chi connectivity index (χ1v) is 7.47. The van der Waals surface area contributed by atoms with Gasteiger partial charge in [0.25, 0.3) is 5.56 Å². The molecule has 0 spiro atoms. The van der Waals surface area contributed by atoms with Crippen LogP contribution in [-0.4, -0.2) is 9.67 Å². The van der Waals surface area contributed by atoms with Gasteiger partial charge in [-0.05, 0) is 22.4 Å². The van der Waals surface area contributed by atoms with E-state index in [1.807, 2.05) is 66.7 Å². The van der Waals surface area contributed by atoms with Crippen LogP contribution in [0.4, 0.5) is 0 Å². The molecule has 1 N–H and O–H groups in total. The van der Waals surface area contributed by atoms with Crippen LogP contribution in [0, 0.1) is 0 Å². The number of para-hydroxylation sites is 1. The number of benzene rings is 3. The van der Waals surface area contributed by atoms with Gasteiger partial charge in [0.15, 0.2) is 5.75 Å². The fourth-order valence-corrected chi connectivity index (χ4v) is 3.20. The van der Waals surface area contributed by atoms with Gasteiger partial charge in [-0.3, -0.25) is 4.79 Å². The van der Waals surface area contributed by atoms with E-state index < -0.39 is 0 Å². The third-order valence-electron chi connectivity index (χ3n) is 4.34. The molecule has 1 aromatic heterocycles. The number of rotatable bonds is 1. The van der Waals surface area contributed by atoms with Crippen molar-refractivity contribution in [1.82, 2.24) is 4.57 Å². The van der Waals surface area contributed by atoms with Crippen LogP contribution in [0.1, 0.15) is 0 Å². The van der Waals surface area contributed by atoms with Crippen LogP contribution in [0.5, 0.6) is 5.75 Å². The predicted molar refractivity (Wildman–Crippen MR) is 93.8 cm³/mol. The predicted octanol–water partition coefficient (Wildman–Crippen LogP) is 4.06. The summed E-state index contributed by atoms with van der Waals surface area (Å²) >= 11 is 0. The zero-order valence-electron chi connectivity index (χ0n) is 12.7. The topological polar surface area (TPSA) is 42.2 Å². The van der Waals surface area contributed by atoms with E-state index in [1.54, 1.807) is 7.05 Å². The van der Waals surface area contributed by atoms with E-state index in [2.05, 4.69) is 0 Å². The summed E-state index contributed by atoms with van der Waals surface area (Å²) in [6, 6.07) is 21.5. The Balaban J connectivity index is 2.24. The van der Waals surface area contributed by atoms with Gasteiger partial charge in [0.1, 0.15) is 0 Å². The van der Waals surface area contributed by atoms with Crippen LogP contribution in [-0.2, 0) is 7.05 Å². The molecule has 3 nitrogen and oxygen atoms in total. The number of aromatic nitrogens is 1. The smallest absolute Gasteiger partial charge is 0.293 e. The van der Waals surface area contributed by atoms with Gasteiger partial charge in [-0.2, -0.15) is 0 Å². The van der Waals surface area contributed by atoms with Crippen LogP contribution in [0.25, 0.3) is 32.8 Å². The molecule has 0 radical (unpaired) electrons. The van der Waals surface area contributed by atoms with Gasteiger partial charge in [0, 0.05) is 18.0 Å². The van der Waals surface area contributed by atoms with Crippen molar-refractivity contribution in [3.8, 4) is 16.9 Å². The third-order valence-corrected chi connectivity index (χ3v) is 4.34. The molecule has 3 aromatic carbocycles. The monoisotopic (exact) mass is 301 g/mol. The van der Waals surface area contributed by atoms with Gasteiger partial charge in [-0.1, -0.05) is 60.7 Å². The molecule has 0 atom stereocenters. The van der Waals surface area contributed by atoms with Gasteiger partial charge in [-0.15, -0.1) is 0 Å². The molecule has 1 heterocycles. The van der Waals surface area contributed by atoms with Gasteiger partial charge in [-0.25, -0.2) is 0 Å². The lowest BCUT2D eigenvalue weighted by molar-refractivity contribution is 0.465. The molecule has 0 bridgehead atoms. The van der Waals surface area contributed by atoms with E-state index in [4.69, 9.17) is 0 Å². The maximum atomic E-state index is 12.4. The van der Waals surface area contributed by atoms with Crippen LogP contribution in [0.2, 0.25) is 0 Å². The number of hydrogen-bond donors (Lipinski definition) is 1. The lowest BCUT2D eigenvalue weighted by Gasteiger charge is -2.14. The molecule has 112 valence electrons. The Bertz CT molecular complexity index is 1100. The highest BCUT2D eigenvalue weighted by molar-refractivity contribution is 6.06. The number of nitrogens with zero attached hydrogens (tertiary/aromatic N) is 1. The molecule has 4 rings (SSSR count). The first-order valence-electron chi connectivity index (χ1n) is 7.47. The van der Waals surface area contributed by atoms with E-state index in [0.717, 1.165) is 27.2 Å². The first-order chi connectivity index (χ1) is 11.2. The van der Waals surface area contributed by atoms with Crippen LogP contribution in [0.15, 0.2) is 71.5 Å². The number of pyridine rings is 1. The van der Waals surface area contributed by atoms with Gasteiger partial charge in [0.05, 0.1) is 5.52 Å². The van der Waals surface area contributed by atoms with Crippen molar-refractivity contribution >= 4 is 21.7 Å². The summed E-state index contributed by atoms with van der Waals surface area (Å²) in [5.41, 5.74) is 1.89. The second kappa shape index (κ2) is 4.99. The standard InChI is InChI=1S/C20H15NO2/c1-21-17-12-5-4-10-16(17)18(19(22)20(21)23)15-11-6-8-13-7-2-3-9-14(13)15/h2-12,22H,1H3. The summed E-state index contributed by atoms with van der Waals surface area (Å²) in [6.07, 6.45) is 0. The fourth-order valence-electron chi connectivity index (χ4n) is 3.20. The molecule has 0 amide bonds.